The number of aromatic carboxylic acids is 1. The average Bonchev–Trinajstić information content (AvgIpc) is 2.85. The molecule has 0 atom stereocenters. The van der Waals surface area contributed by atoms with E-state index in [-0.39, 0.29) is 5.69 Å². The molecule has 18 heavy (non-hydrogen) atoms. The minimum atomic E-state index is -1.01. The van der Waals surface area contributed by atoms with E-state index in [9.17, 15) is 4.79 Å². The summed E-state index contributed by atoms with van der Waals surface area (Å²) in [5.41, 5.74) is 1.28. The van der Waals surface area contributed by atoms with Gasteiger partial charge in [-0.3, -0.25) is 0 Å². The zero-order valence-corrected chi connectivity index (χ0v) is 10.7. The van der Waals surface area contributed by atoms with Crippen molar-refractivity contribution in [2.24, 2.45) is 0 Å². The average molecular weight is 263 g/mol. The summed E-state index contributed by atoms with van der Waals surface area (Å²) >= 11 is 1.29. The van der Waals surface area contributed by atoms with Gasteiger partial charge in [0.05, 0.1) is 0 Å². The summed E-state index contributed by atoms with van der Waals surface area (Å²) in [4.78, 5) is 14.6. The maximum atomic E-state index is 10.7. The monoisotopic (exact) mass is 263 g/mol. The highest BCUT2D eigenvalue weighted by molar-refractivity contribution is 7.09. The lowest BCUT2D eigenvalue weighted by molar-refractivity contribution is 0.0691. The summed E-state index contributed by atoms with van der Waals surface area (Å²) in [5.74, 6) is -0.230. The van der Waals surface area contributed by atoms with Gasteiger partial charge in [0.25, 0.3) is 0 Å². The number of carbonyl (C=O) groups is 1. The van der Waals surface area contributed by atoms with E-state index in [0.29, 0.717) is 11.6 Å². The first-order valence-corrected chi connectivity index (χ1v) is 6.46. The molecule has 0 amide bonds. The minimum Gasteiger partial charge on any atom is -0.486 e. The molecule has 0 spiro atoms. The molecule has 1 aromatic heterocycles. The van der Waals surface area contributed by atoms with Crippen LogP contribution in [0.4, 0.5) is 0 Å². The molecule has 0 aliphatic carbocycles. The standard InChI is InChI=1S/C13H13NO3S/c1-2-9-4-3-5-10(6-9)17-7-12-14-11(8-18-12)13(15)16/h3-6,8H,2,7H2,1H3,(H,15,16). The zero-order chi connectivity index (χ0) is 13.0. The quantitative estimate of drug-likeness (QED) is 0.901. The summed E-state index contributed by atoms with van der Waals surface area (Å²) in [6.07, 6.45) is 0.956. The maximum Gasteiger partial charge on any atom is 0.355 e. The van der Waals surface area contributed by atoms with Gasteiger partial charge in [-0.15, -0.1) is 11.3 Å². The van der Waals surface area contributed by atoms with E-state index in [2.05, 4.69) is 11.9 Å². The third-order valence-electron chi connectivity index (χ3n) is 2.44. The second-order valence-electron chi connectivity index (χ2n) is 3.72. The smallest absolute Gasteiger partial charge is 0.355 e. The Labute approximate surface area is 109 Å². The number of nitrogens with zero attached hydrogens (tertiary/aromatic N) is 1. The normalized spacial score (nSPS) is 10.3. The van der Waals surface area contributed by atoms with E-state index in [0.717, 1.165) is 12.2 Å². The van der Waals surface area contributed by atoms with Crippen molar-refractivity contribution in [3.63, 3.8) is 0 Å². The summed E-state index contributed by atoms with van der Waals surface area (Å²) in [6, 6.07) is 7.84. The number of ether oxygens (including phenoxy) is 1. The second-order valence-corrected chi connectivity index (χ2v) is 4.66. The molecule has 2 aromatic rings. The van der Waals surface area contributed by atoms with E-state index < -0.39 is 5.97 Å². The Bertz CT molecular complexity index is 551. The molecule has 4 nitrogen and oxygen atoms in total. The van der Waals surface area contributed by atoms with Crippen molar-refractivity contribution in [2.45, 2.75) is 20.0 Å². The molecule has 1 aromatic carbocycles. The van der Waals surface area contributed by atoms with Crippen LogP contribution in [-0.4, -0.2) is 16.1 Å². The predicted molar refractivity (Wildman–Crippen MR) is 69.2 cm³/mol. The predicted octanol–water partition coefficient (Wildman–Crippen LogP) is 2.98. The van der Waals surface area contributed by atoms with Crippen LogP contribution in [0.2, 0.25) is 0 Å². The summed E-state index contributed by atoms with van der Waals surface area (Å²) < 4.78 is 5.58. The van der Waals surface area contributed by atoms with Gasteiger partial charge in [0, 0.05) is 5.38 Å². The topological polar surface area (TPSA) is 59.4 Å². The fourth-order valence-electron chi connectivity index (χ4n) is 1.48. The highest BCUT2D eigenvalue weighted by Gasteiger charge is 2.08. The van der Waals surface area contributed by atoms with Crippen LogP contribution in [0.3, 0.4) is 0 Å². The molecule has 0 aliphatic heterocycles. The van der Waals surface area contributed by atoms with Crippen LogP contribution in [0.15, 0.2) is 29.6 Å². The van der Waals surface area contributed by atoms with E-state index in [4.69, 9.17) is 9.84 Å². The fraction of sp³-hybridized carbons (Fsp3) is 0.231. The summed E-state index contributed by atoms with van der Waals surface area (Å²) in [7, 11) is 0. The van der Waals surface area contributed by atoms with Crippen LogP contribution in [-0.2, 0) is 13.0 Å². The molecule has 0 fully saturated rings. The first kappa shape index (κ1) is 12.6. The molecule has 94 valence electrons. The van der Waals surface area contributed by atoms with Crippen molar-refractivity contribution in [2.75, 3.05) is 0 Å². The van der Waals surface area contributed by atoms with E-state index in [1.54, 1.807) is 0 Å². The number of thiazole rings is 1. The van der Waals surface area contributed by atoms with E-state index in [1.165, 1.54) is 22.3 Å². The lowest BCUT2D eigenvalue weighted by atomic mass is 10.2. The Balaban J connectivity index is 1.99. The van der Waals surface area contributed by atoms with Crippen molar-refractivity contribution >= 4 is 17.3 Å². The number of carboxylic acids is 1. The Morgan fingerprint density at radius 1 is 1.50 bits per heavy atom. The van der Waals surface area contributed by atoms with Gasteiger partial charge in [0.15, 0.2) is 5.69 Å². The Morgan fingerprint density at radius 3 is 3.00 bits per heavy atom. The number of rotatable bonds is 5. The molecular formula is C13H13NO3S. The van der Waals surface area contributed by atoms with Crippen LogP contribution in [0.5, 0.6) is 5.75 Å². The highest BCUT2D eigenvalue weighted by Crippen LogP contribution is 2.17. The van der Waals surface area contributed by atoms with Crippen molar-refractivity contribution in [3.8, 4) is 5.75 Å². The number of aryl methyl sites for hydroxylation is 1. The largest absolute Gasteiger partial charge is 0.486 e. The Hall–Kier alpha value is -1.88. The van der Waals surface area contributed by atoms with Gasteiger partial charge in [-0.2, -0.15) is 0 Å². The van der Waals surface area contributed by atoms with Gasteiger partial charge in [-0.1, -0.05) is 19.1 Å². The molecular weight excluding hydrogens is 250 g/mol. The van der Waals surface area contributed by atoms with Gasteiger partial charge in [0.2, 0.25) is 0 Å². The van der Waals surface area contributed by atoms with Gasteiger partial charge < -0.3 is 9.84 Å². The number of benzene rings is 1. The molecule has 0 aliphatic rings. The maximum absolute atomic E-state index is 10.7. The number of carboxylic acid groups (broad SMARTS) is 1. The van der Waals surface area contributed by atoms with Crippen molar-refractivity contribution in [1.29, 1.82) is 0 Å². The number of hydrogen-bond donors (Lipinski definition) is 1. The molecule has 5 heteroatoms. The van der Waals surface area contributed by atoms with Gasteiger partial charge in [0.1, 0.15) is 17.4 Å². The lowest BCUT2D eigenvalue weighted by Crippen LogP contribution is -1.99. The molecule has 1 N–H and O–H groups in total. The van der Waals surface area contributed by atoms with Crippen LogP contribution >= 0.6 is 11.3 Å². The van der Waals surface area contributed by atoms with Gasteiger partial charge in [-0.25, -0.2) is 9.78 Å². The Kier molecular flexibility index (Phi) is 3.94. The lowest BCUT2D eigenvalue weighted by Gasteiger charge is -2.05. The fourth-order valence-corrected chi connectivity index (χ4v) is 2.15. The molecule has 0 bridgehead atoms. The molecule has 0 radical (unpaired) electrons. The highest BCUT2D eigenvalue weighted by atomic mass is 32.1. The van der Waals surface area contributed by atoms with Crippen LogP contribution in [0.25, 0.3) is 0 Å². The van der Waals surface area contributed by atoms with Crippen molar-refractivity contribution < 1.29 is 14.6 Å². The first-order chi connectivity index (χ1) is 8.69. The number of hydrogen-bond acceptors (Lipinski definition) is 4. The van der Waals surface area contributed by atoms with Gasteiger partial charge >= 0.3 is 5.97 Å². The van der Waals surface area contributed by atoms with Gasteiger partial charge in [-0.05, 0) is 24.1 Å². The third-order valence-corrected chi connectivity index (χ3v) is 3.26. The van der Waals surface area contributed by atoms with Crippen molar-refractivity contribution in [3.05, 3.63) is 45.9 Å². The number of aromatic nitrogens is 1. The minimum absolute atomic E-state index is 0.0703. The SMILES string of the molecule is CCc1cccc(OCc2nc(C(=O)O)cs2)c1. The van der Waals surface area contributed by atoms with Crippen molar-refractivity contribution in [1.82, 2.24) is 4.98 Å². The second kappa shape index (κ2) is 5.64. The Morgan fingerprint density at radius 2 is 2.33 bits per heavy atom. The van der Waals surface area contributed by atoms with Crippen LogP contribution < -0.4 is 4.74 Å². The zero-order valence-electron chi connectivity index (χ0n) is 9.92. The molecule has 1 heterocycles. The van der Waals surface area contributed by atoms with E-state index in [1.807, 2.05) is 24.3 Å². The van der Waals surface area contributed by atoms with E-state index >= 15 is 0 Å². The van der Waals surface area contributed by atoms with Crippen LogP contribution in [0.1, 0.15) is 28.0 Å². The first-order valence-electron chi connectivity index (χ1n) is 5.58. The van der Waals surface area contributed by atoms with Crippen LogP contribution in [0, 0.1) is 0 Å². The summed E-state index contributed by atoms with van der Waals surface area (Å²) in [6.45, 7) is 2.38. The molecule has 0 saturated carbocycles. The molecule has 0 saturated heterocycles. The summed E-state index contributed by atoms with van der Waals surface area (Å²) in [5, 5.41) is 10.9. The third kappa shape index (κ3) is 3.07. The molecule has 2 rings (SSSR count). The molecule has 0 unspecified atom stereocenters.